The van der Waals surface area contributed by atoms with Gasteiger partial charge < -0.3 is 25.2 Å². The number of pyridine rings is 1. The third-order valence-electron chi connectivity index (χ3n) is 4.52. The van der Waals surface area contributed by atoms with Crippen LogP contribution in [0.25, 0.3) is 0 Å². The lowest BCUT2D eigenvalue weighted by molar-refractivity contribution is -0.261. The fourth-order valence-corrected chi connectivity index (χ4v) is 3.36. The molecule has 3 heterocycles. The predicted molar refractivity (Wildman–Crippen MR) is 77.2 cm³/mol. The summed E-state index contributed by atoms with van der Waals surface area (Å²) in [5.41, 5.74) is 0.938. The first-order chi connectivity index (χ1) is 11.0. The van der Waals surface area contributed by atoms with Gasteiger partial charge in [-0.2, -0.15) is 0 Å². The molecule has 0 spiro atoms. The quantitative estimate of drug-likeness (QED) is 0.565. The monoisotopic (exact) mass is 324 g/mol. The number of aliphatic hydroxyl groups excluding tert-OH is 3. The Balaban J connectivity index is 1.85. The van der Waals surface area contributed by atoms with Crippen molar-refractivity contribution in [3.05, 3.63) is 30.1 Å². The first-order valence-electron chi connectivity index (χ1n) is 7.59. The highest BCUT2D eigenvalue weighted by Crippen LogP contribution is 2.37. The summed E-state index contributed by atoms with van der Waals surface area (Å²) in [5.74, 6) is -1.37. The van der Waals surface area contributed by atoms with E-state index in [2.05, 4.69) is 4.98 Å². The molecule has 4 N–H and O–H groups in total. The summed E-state index contributed by atoms with van der Waals surface area (Å²) in [4.78, 5) is 17.1. The Morgan fingerprint density at radius 3 is 2.70 bits per heavy atom. The van der Waals surface area contributed by atoms with Gasteiger partial charge in [-0.15, -0.1) is 0 Å². The maximum atomic E-state index is 11.2. The molecule has 2 fully saturated rings. The average Bonchev–Trinajstić information content (AvgIpc) is 3.03. The number of carboxylic acids is 1. The summed E-state index contributed by atoms with van der Waals surface area (Å²) in [7, 11) is 0. The molecule has 2 aliphatic rings. The van der Waals surface area contributed by atoms with Crippen LogP contribution < -0.4 is 0 Å². The number of aliphatic carboxylic acids is 1. The number of carbonyl (C=O) groups is 1. The van der Waals surface area contributed by atoms with Crippen LogP contribution in [0.4, 0.5) is 0 Å². The number of carboxylic acid groups (broad SMARTS) is 1. The molecule has 8 nitrogen and oxygen atoms in total. The molecule has 23 heavy (non-hydrogen) atoms. The largest absolute Gasteiger partial charge is 0.479 e. The lowest BCUT2D eigenvalue weighted by Crippen LogP contribution is -2.63. The predicted octanol–water partition coefficient (Wildman–Crippen LogP) is -0.889. The van der Waals surface area contributed by atoms with E-state index in [1.54, 1.807) is 12.4 Å². The fourth-order valence-electron chi connectivity index (χ4n) is 3.36. The summed E-state index contributed by atoms with van der Waals surface area (Å²) in [6, 6.07) is 3.63. The maximum absolute atomic E-state index is 11.2. The van der Waals surface area contributed by atoms with Crippen molar-refractivity contribution in [3.63, 3.8) is 0 Å². The number of aliphatic hydroxyl groups is 3. The van der Waals surface area contributed by atoms with Gasteiger partial charge in [0, 0.05) is 25.0 Å². The van der Waals surface area contributed by atoms with Crippen molar-refractivity contribution in [2.24, 2.45) is 0 Å². The van der Waals surface area contributed by atoms with Gasteiger partial charge >= 0.3 is 5.97 Å². The molecular formula is C15H20N2O6. The summed E-state index contributed by atoms with van der Waals surface area (Å²) in [6.07, 6.45) is -2.16. The van der Waals surface area contributed by atoms with Gasteiger partial charge in [0.2, 0.25) is 0 Å². The minimum atomic E-state index is -1.67. The normalized spacial score (nSPS) is 38.6. The molecule has 0 amide bonds. The van der Waals surface area contributed by atoms with Gasteiger partial charge in [0.15, 0.2) is 6.10 Å². The third-order valence-corrected chi connectivity index (χ3v) is 4.52. The Labute approximate surface area is 133 Å². The maximum Gasteiger partial charge on any atom is 0.335 e. The molecule has 126 valence electrons. The second-order valence-corrected chi connectivity index (χ2v) is 5.94. The molecule has 3 rings (SSSR count). The van der Waals surface area contributed by atoms with Crippen LogP contribution in [0.3, 0.4) is 0 Å². The number of hydrogen-bond donors (Lipinski definition) is 4. The molecular weight excluding hydrogens is 304 g/mol. The minimum absolute atomic E-state index is 0.0831. The average molecular weight is 324 g/mol. The highest BCUT2D eigenvalue weighted by atomic mass is 16.6. The zero-order valence-corrected chi connectivity index (χ0v) is 12.4. The minimum Gasteiger partial charge on any atom is -0.479 e. The molecule has 0 radical (unpaired) electrons. The van der Waals surface area contributed by atoms with E-state index in [0.717, 1.165) is 18.4 Å². The zero-order valence-electron chi connectivity index (χ0n) is 12.4. The molecule has 0 aliphatic carbocycles. The molecule has 0 bridgehead atoms. The highest BCUT2D eigenvalue weighted by Gasteiger charge is 2.50. The van der Waals surface area contributed by atoms with E-state index >= 15 is 0 Å². The van der Waals surface area contributed by atoms with Crippen LogP contribution in [0.1, 0.15) is 24.4 Å². The molecule has 1 aromatic rings. The van der Waals surface area contributed by atoms with E-state index in [-0.39, 0.29) is 6.04 Å². The Morgan fingerprint density at radius 1 is 1.26 bits per heavy atom. The Morgan fingerprint density at radius 2 is 2.04 bits per heavy atom. The summed E-state index contributed by atoms with van der Waals surface area (Å²) < 4.78 is 5.42. The standard InChI is InChI=1S/C15H20N2O6/c18-10-11(19)13(15(21)22)23-14(12(10)20)17-6-2-4-9(17)8-3-1-5-16-7-8/h1,3,5,7,9-14,18-20H,2,4,6H2,(H,21,22). The van der Waals surface area contributed by atoms with Gasteiger partial charge in [-0.25, -0.2) is 4.79 Å². The van der Waals surface area contributed by atoms with Gasteiger partial charge in [0.25, 0.3) is 0 Å². The van der Waals surface area contributed by atoms with E-state index in [0.29, 0.717) is 6.54 Å². The van der Waals surface area contributed by atoms with Crippen LogP contribution in [0.15, 0.2) is 24.5 Å². The zero-order chi connectivity index (χ0) is 16.6. The van der Waals surface area contributed by atoms with Gasteiger partial charge in [-0.1, -0.05) is 6.07 Å². The first kappa shape index (κ1) is 16.3. The smallest absolute Gasteiger partial charge is 0.335 e. The van der Waals surface area contributed by atoms with Crippen molar-refractivity contribution >= 4 is 5.97 Å². The number of likely N-dealkylation sites (tertiary alicyclic amines) is 1. The van der Waals surface area contributed by atoms with E-state index < -0.39 is 36.6 Å². The van der Waals surface area contributed by atoms with Gasteiger partial charge in [-0.05, 0) is 24.5 Å². The van der Waals surface area contributed by atoms with E-state index in [9.17, 15) is 20.1 Å². The molecule has 2 saturated heterocycles. The summed E-state index contributed by atoms with van der Waals surface area (Å²) in [5, 5.41) is 39.1. The highest BCUT2D eigenvalue weighted by molar-refractivity contribution is 5.73. The number of ether oxygens (including phenoxy) is 1. The topological polar surface area (TPSA) is 123 Å². The number of nitrogens with zero attached hydrogens (tertiary/aromatic N) is 2. The molecule has 2 aliphatic heterocycles. The Bertz CT molecular complexity index is 556. The van der Waals surface area contributed by atoms with Gasteiger partial charge in [0.05, 0.1) is 0 Å². The molecule has 6 atom stereocenters. The van der Waals surface area contributed by atoms with Crippen LogP contribution in [0.2, 0.25) is 0 Å². The molecule has 1 aromatic heterocycles. The molecule has 8 heteroatoms. The van der Waals surface area contributed by atoms with Gasteiger partial charge in [0.1, 0.15) is 24.5 Å². The van der Waals surface area contributed by atoms with E-state index in [1.165, 1.54) is 0 Å². The van der Waals surface area contributed by atoms with Crippen molar-refractivity contribution in [2.75, 3.05) is 6.54 Å². The second-order valence-electron chi connectivity index (χ2n) is 5.94. The van der Waals surface area contributed by atoms with Crippen molar-refractivity contribution < 1.29 is 30.0 Å². The molecule has 0 saturated carbocycles. The summed E-state index contributed by atoms with van der Waals surface area (Å²) >= 11 is 0. The van der Waals surface area contributed by atoms with Crippen LogP contribution in [-0.2, 0) is 9.53 Å². The molecule has 6 unspecified atom stereocenters. The Hall–Kier alpha value is -1.58. The summed E-state index contributed by atoms with van der Waals surface area (Å²) in [6.45, 7) is 0.594. The second kappa shape index (κ2) is 6.50. The van der Waals surface area contributed by atoms with Crippen LogP contribution in [0.5, 0.6) is 0 Å². The SMILES string of the molecule is O=C(O)C1OC(N2CCCC2c2cccnc2)C(O)C(O)C1O. The van der Waals surface area contributed by atoms with Crippen LogP contribution in [0, 0.1) is 0 Å². The van der Waals surface area contributed by atoms with Gasteiger partial charge in [-0.3, -0.25) is 9.88 Å². The van der Waals surface area contributed by atoms with Crippen molar-refractivity contribution in [3.8, 4) is 0 Å². The van der Waals surface area contributed by atoms with Crippen LogP contribution in [-0.4, -0.2) is 73.5 Å². The Kier molecular flexibility index (Phi) is 4.60. The number of hydrogen-bond acceptors (Lipinski definition) is 7. The van der Waals surface area contributed by atoms with Crippen molar-refractivity contribution in [1.29, 1.82) is 0 Å². The van der Waals surface area contributed by atoms with E-state index in [1.807, 2.05) is 17.0 Å². The van der Waals surface area contributed by atoms with Crippen molar-refractivity contribution in [2.45, 2.75) is 49.5 Å². The number of rotatable bonds is 3. The van der Waals surface area contributed by atoms with Crippen molar-refractivity contribution in [1.82, 2.24) is 9.88 Å². The van der Waals surface area contributed by atoms with E-state index in [4.69, 9.17) is 9.84 Å². The van der Waals surface area contributed by atoms with Crippen LogP contribution >= 0.6 is 0 Å². The molecule has 0 aromatic carbocycles. The lowest BCUT2D eigenvalue weighted by atomic mass is 9.96. The fraction of sp³-hybridized carbons (Fsp3) is 0.600. The lowest BCUT2D eigenvalue weighted by Gasteiger charge is -2.44. The number of aromatic nitrogens is 1. The third kappa shape index (κ3) is 2.96. The first-order valence-corrected chi connectivity index (χ1v) is 7.59.